The van der Waals surface area contributed by atoms with Gasteiger partial charge in [-0.3, -0.25) is 14.4 Å². The van der Waals surface area contributed by atoms with E-state index in [4.69, 9.17) is 11.5 Å². The summed E-state index contributed by atoms with van der Waals surface area (Å²) in [5.41, 5.74) is 0.715. The molecule has 2 amide bonds. The number of anilines is 1. The van der Waals surface area contributed by atoms with Crippen LogP contribution in [0.15, 0.2) is 24.3 Å². The number of carboxylic acid groups (broad SMARTS) is 1. The second-order valence-corrected chi connectivity index (χ2v) is 4.02. The first kappa shape index (κ1) is 15.2. The number of amides is 2. The van der Waals surface area contributed by atoms with Crippen LogP contribution in [0.1, 0.15) is 17.3 Å². The van der Waals surface area contributed by atoms with Crippen LogP contribution in [-0.4, -0.2) is 40.9 Å². The summed E-state index contributed by atoms with van der Waals surface area (Å²) in [6.45, 7) is 0.770. The van der Waals surface area contributed by atoms with Gasteiger partial charge in [-0.15, -0.1) is 6.42 Å². The number of rotatable bonds is 5. The lowest BCUT2D eigenvalue weighted by molar-refractivity contribution is -0.137. The predicted octanol–water partition coefficient (Wildman–Crippen LogP) is 0.805. The molecule has 6 nitrogen and oxygen atoms in total. The minimum absolute atomic E-state index is 0.102. The SMILES string of the molecule is C#CCN(CC(=O)O)C(=O)c1cccc(NC(C)=O)c1. The van der Waals surface area contributed by atoms with Gasteiger partial charge in [-0.1, -0.05) is 12.0 Å². The lowest BCUT2D eigenvalue weighted by atomic mass is 10.1. The predicted molar refractivity (Wildman–Crippen MR) is 73.1 cm³/mol. The molecule has 0 bridgehead atoms. The summed E-state index contributed by atoms with van der Waals surface area (Å²) < 4.78 is 0. The highest BCUT2D eigenvalue weighted by molar-refractivity contribution is 5.98. The topological polar surface area (TPSA) is 86.7 Å². The zero-order chi connectivity index (χ0) is 15.1. The summed E-state index contributed by atoms with van der Waals surface area (Å²) in [6.07, 6.45) is 5.12. The van der Waals surface area contributed by atoms with Crippen LogP contribution in [0, 0.1) is 12.3 Å². The number of carbonyl (C=O) groups is 3. The summed E-state index contributed by atoms with van der Waals surface area (Å²) in [5, 5.41) is 11.3. The minimum atomic E-state index is -1.15. The highest BCUT2D eigenvalue weighted by atomic mass is 16.4. The number of hydrogen-bond donors (Lipinski definition) is 2. The molecule has 1 aromatic carbocycles. The first-order chi connectivity index (χ1) is 9.43. The molecule has 2 N–H and O–H groups in total. The van der Waals surface area contributed by atoms with Crippen molar-refractivity contribution in [3.63, 3.8) is 0 Å². The van der Waals surface area contributed by atoms with E-state index < -0.39 is 18.4 Å². The zero-order valence-electron chi connectivity index (χ0n) is 10.9. The Morgan fingerprint density at radius 2 is 2.10 bits per heavy atom. The van der Waals surface area contributed by atoms with E-state index in [0.29, 0.717) is 5.69 Å². The maximum atomic E-state index is 12.2. The van der Waals surface area contributed by atoms with Gasteiger partial charge in [0.25, 0.3) is 5.91 Å². The minimum Gasteiger partial charge on any atom is -0.480 e. The number of aliphatic carboxylic acids is 1. The molecule has 0 unspecified atom stereocenters. The molecule has 0 aliphatic carbocycles. The number of nitrogens with one attached hydrogen (secondary N) is 1. The molecule has 0 aromatic heterocycles. The largest absolute Gasteiger partial charge is 0.480 e. The van der Waals surface area contributed by atoms with Crippen molar-refractivity contribution in [2.45, 2.75) is 6.92 Å². The second-order valence-electron chi connectivity index (χ2n) is 4.02. The van der Waals surface area contributed by atoms with Gasteiger partial charge >= 0.3 is 5.97 Å². The fourth-order valence-corrected chi connectivity index (χ4v) is 1.59. The molecular formula is C14H14N2O4. The molecule has 20 heavy (non-hydrogen) atoms. The van der Waals surface area contributed by atoms with Crippen LogP contribution in [0.2, 0.25) is 0 Å². The summed E-state index contributed by atoms with van der Waals surface area (Å²) in [7, 11) is 0. The van der Waals surface area contributed by atoms with Gasteiger partial charge in [0.2, 0.25) is 5.91 Å². The second kappa shape index (κ2) is 6.95. The third kappa shape index (κ3) is 4.46. The Hall–Kier alpha value is -2.81. The number of terminal acetylenes is 1. The molecule has 6 heteroatoms. The fraction of sp³-hybridized carbons (Fsp3) is 0.214. The van der Waals surface area contributed by atoms with Crippen molar-refractivity contribution in [1.29, 1.82) is 0 Å². The van der Waals surface area contributed by atoms with E-state index in [2.05, 4.69) is 11.2 Å². The Labute approximate surface area is 116 Å². The molecule has 0 saturated carbocycles. The quantitative estimate of drug-likeness (QED) is 0.778. The van der Waals surface area contributed by atoms with Gasteiger partial charge < -0.3 is 15.3 Å². The molecule has 1 aromatic rings. The van der Waals surface area contributed by atoms with Crippen LogP contribution in [0.25, 0.3) is 0 Å². The third-order valence-corrected chi connectivity index (χ3v) is 2.33. The molecular weight excluding hydrogens is 260 g/mol. The monoisotopic (exact) mass is 274 g/mol. The molecule has 104 valence electrons. The Bertz CT molecular complexity index is 575. The molecule has 0 aliphatic rings. The maximum absolute atomic E-state index is 12.2. The van der Waals surface area contributed by atoms with Gasteiger partial charge in [0.1, 0.15) is 6.54 Å². The first-order valence-electron chi connectivity index (χ1n) is 5.76. The smallest absolute Gasteiger partial charge is 0.323 e. The fourth-order valence-electron chi connectivity index (χ4n) is 1.59. The van der Waals surface area contributed by atoms with Crippen molar-refractivity contribution >= 4 is 23.5 Å². The van der Waals surface area contributed by atoms with Crippen LogP contribution in [0.4, 0.5) is 5.69 Å². The van der Waals surface area contributed by atoms with Gasteiger partial charge in [0, 0.05) is 18.2 Å². The first-order valence-corrected chi connectivity index (χ1v) is 5.76. The normalized spacial score (nSPS) is 9.40. The molecule has 0 fully saturated rings. The van der Waals surface area contributed by atoms with E-state index in [1.165, 1.54) is 19.1 Å². The van der Waals surface area contributed by atoms with Gasteiger partial charge in [0.15, 0.2) is 0 Å². The Kier molecular flexibility index (Phi) is 5.30. The maximum Gasteiger partial charge on any atom is 0.323 e. The average Bonchev–Trinajstić information content (AvgIpc) is 2.36. The molecule has 0 saturated heterocycles. The highest BCUT2D eigenvalue weighted by Crippen LogP contribution is 2.12. The van der Waals surface area contributed by atoms with Gasteiger partial charge in [-0.2, -0.15) is 0 Å². The van der Waals surface area contributed by atoms with E-state index >= 15 is 0 Å². The van der Waals surface area contributed by atoms with Gasteiger partial charge in [-0.05, 0) is 18.2 Å². The van der Waals surface area contributed by atoms with Crippen molar-refractivity contribution in [3.8, 4) is 12.3 Å². The van der Waals surface area contributed by atoms with Gasteiger partial charge in [0.05, 0.1) is 6.54 Å². The summed E-state index contributed by atoms with van der Waals surface area (Å²) in [6, 6.07) is 6.21. The Balaban J connectivity index is 2.96. The van der Waals surface area contributed by atoms with Crippen LogP contribution < -0.4 is 5.32 Å². The van der Waals surface area contributed by atoms with Crippen LogP contribution in [0.5, 0.6) is 0 Å². The highest BCUT2D eigenvalue weighted by Gasteiger charge is 2.17. The third-order valence-electron chi connectivity index (χ3n) is 2.33. The van der Waals surface area contributed by atoms with Crippen molar-refractivity contribution in [3.05, 3.63) is 29.8 Å². The summed E-state index contributed by atoms with van der Waals surface area (Å²) in [5.74, 6) is 0.330. The average molecular weight is 274 g/mol. The molecule has 0 heterocycles. The van der Waals surface area contributed by atoms with Crippen molar-refractivity contribution in [2.75, 3.05) is 18.4 Å². The van der Waals surface area contributed by atoms with Crippen LogP contribution in [-0.2, 0) is 9.59 Å². The number of carbonyl (C=O) groups excluding carboxylic acids is 2. The standard InChI is InChI=1S/C14H14N2O4/c1-3-7-16(9-13(18)19)14(20)11-5-4-6-12(8-11)15-10(2)17/h1,4-6,8H,7,9H2,2H3,(H,15,17)(H,18,19). The van der Waals surface area contributed by atoms with Crippen molar-refractivity contribution in [1.82, 2.24) is 4.90 Å². The van der Waals surface area contributed by atoms with Gasteiger partial charge in [-0.25, -0.2) is 0 Å². The zero-order valence-corrected chi connectivity index (χ0v) is 10.9. The number of nitrogens with zero attached hydrogens (tertiary/aromatic N) is 1. The van der Waals surface area contributed by atoms with Crippen molar-refractivity contribution < 1.29 is 19.5 Å². The molecule has 0 radical (unpaired) electrons. The summed E-state index contributed by atoms with van der Waals surface area (Å²) >= 11 is 0. The van der Waals surface area contributed by atoms with Crippen LogP contribution in [0.3, 0.4) is 0 Å². The molecule has 1 rings (SSSR count). The van der Waals surface area contributed by atoms with E-state index in [-0.39, 0.29) is 18.0 Å². The lowest BCUT2D eigenvalue weighted by Crippen LogP contribution is -2.36. The van der Waals surface area contributed by atoms with Crippen molar-refractivity contribution in [2.24, 2.45) is 0 Å². The lowest BCUT2D eigenvalue weighted by Gasteiger charge is -2.18. The number of benzene rings is 1. The summed E-state index contributed by atoms with van der Waals surface area (Å²) in [4.78, 5) is 34.9. The van der Waals surface area contributed by atoms with Crippen LogP contribution >= 0.6 is 0 Å². The number of carboxylic acids is 1. The van der Waals surface area contributed by atoms with E-state index in [1.54, 1.807) is 12.1 Å². The molecule has 0 spiro atoms. The molecule has 0 atom stereocenters. The van der Waals surface area contributed by atoms with E-state index in [1.807, 2.05) is 0 Å². The van der Waals surface area contributed by atoms with E-state index in [9.17, 15) is 14.4 Å². The Morgan fingerprint density at radius 1 is 1.40 bits per heavy atom. The molecule has 0 aliphatic heterocycles. The Morgan fingerprint density at radius 3 is 2.65 bits per heavy atom. The van der Waals surface area contributed by atoms with E-state index in [0.717, 1.165) is 4.90 Å². The number of hydrogen-bond acceptors (Lipinski definition) is 3.